The minimum Gasteiger partial charge on any atom is -0.347 e. The van der Waals surface area contributed by atoms with Gasteiger partial charge >= 0.3 is 0 Å². The predicted octanol–water partition coefficient (Wildman–Crippen LogP) is 3.28. The number of hydrogen-bond donors (Lipinski definition) is 1. The summed E-state index contributed by atoms with van der Waals surface area (Å²) in [5, 5.41) is 3.61. The topological polar surface area (TPSA) is 42.0 Å². The Hall–Kier alpha value is -1.27. The third-order valence-electron chi connectivity index (χ3n) is 2.29. The number of thiazole rings is 1. The number of amides is 1. The molecule has 94 valence electrons. The molecular weight excluding hydrogens is 319 g/mol. The smallest absolute Gasteiger partial charge is 0.254 e. The minimum absolute atomic E-state index is 0.0330. The van der Waals surface area contributed by atoms with Crippen molar-refractivity contribution in [3.05, 3.63) is 50.1 Å². The molecule has 2 aromatic rings. The van der Waals surface area contributed by atoms with E-state index >= 15 is 0 Å². The summed E-state index contributed by atoms with van der Waals surface area (Å²) < 4.78 is 13.9. The van der Waals surface area contributed by atoms with Crippen molar-refractivity contribution in [2.75, 3.05) is 0 Å². The van der Waals surface area contributed by atoms with Gasteiger partial charge < -0.3 is 5.32 Å². The van der Waals surface area contributed by atoms with Crippen molar-refractivity contribution >= 4 is 33.2 Å². The summed E-state index contributed by atoms with van der Waals surface area (Å²) in [5.41, 5.74) is 0.0330. The highest BCUT2D eigenvalue weighted by atomic mass is 79.9. The van der Waals surface area contributed by atoms with Crippen molar-refractivity contribution < 1.29 is 9.18 Å². The maximum atomic E-state index is 13.7. The molecule has 0 aliphatic carbocycles. The Morgan fingerprint density at radius 3 is 3.00 bits per heavy atom. The number of hydrogen-bond acceptors (Lipinski definition) is 3. The van der Waals surface area contributed by atoms with Crippen LogP contribution in [0.4, 0.5) is 4.39 Å². The lowest BCUT2D eigenvalue weighted by Crippen LogP contribution is -2.23. The van der Waals surface area contributed by atoms with Crippen molar-refractivity contribution in [1.29, 1.82) is 0 Å². The Balaban J connectivity index is 2.06. The standard InChI is InChI=1S/C12H10BrFN2OS/c1-7-15-5-8(18-7)6-16-12(17)9-3-2-4-10(13)11(9)14/h2-5H,6H2,1H3,(H,16,17). The van der Waals surface area contributed by atoms with Gasteiger partial charge in [-0.15, -0.1) is 11.3 Å². The van der Waals surface area contributed by atoms with Gasteiger partial charge in [-0.25, -0.2) is 9.37 Å². The lowest BCUT2D eigenvalue weighted by molar-refractivity contribution is 0.0947. The van der Waals surface area contributed by atoms with E-state index in [2.05, 4.69) is 26.2 Å². The van der Waals surface area contributed by atoms with E-state index in [1.54, 1.807) is 18.3 Å². The molecule has 1 heterocycles. The molecule has 6 heteroatoms. The number of carbonyl (C=O) groups is 1. The molecule has 0 unspecified atom stereocenters. The first kappa shape index (κ1) is 13.2. The van der Waals surface area contributed by atoms with Crippen LogP contribution in [0.3, 0.4) is 0 Å². The Labute approximate surface area is 116 Å². The van der Waals surface area contributed by atoms with Crippen LogP contribution < -0.4 is 5.32 Å². The molecule has 0 aliphatic rings. The Kier molecular flexibility index (Phi) is 4.08. The zero-order valence-electron chi connectivity index (χ0n) is 9.54. The molecule has 0 saturated heterocycles. The average molecular weight is 329 g/mol. The van der Waals surface area contributed by atoms with Gasteiger partial charge in [-0.2, -0.15) is 0 Å². The van der Waals surface area contributed by atoms with E-state index < -0.39 is 11.7 Å². The average Bonchev–Trinajstić information content (AvgIpc) is 2.76. The first-order valence-electron chi connectivity index (χ1n) is 5.21. The van der Waals surface area contributed by atoms with Crippen LogP contribution in [0.15, 0.2) is 28.9 Å². The van der Waals surface area contributed by atoms with Gasteiger partial charge in [-0.1, -0.05) is 6.07 Å². The highest BCUT2D eigenvalue weighted by Gasteiger charge is 2.13. The summed E-state index contributed by atoms with van der Waals surface area (Å²) in [5.74, 6) is -0.977. The van der Waals surface area contributed by atoms with Gasteiger partial charge in [-0.3, -0.25) is 4.79 Å². The van der Waals surface area contributed by atoms with Crippen molar-refractivity contribution in [1.82, 2.24) is 10.3 Å². The number of carbonyl (C=O) groups excluding carboxylic acids is 1. The van der Waals surface area contributed by atoms with Crippen molar-refractivity contribution in [2.24, 2.45) is 0 Å². The van der Waals surface area contributed by atoms with Crippen molar-refractivity contribution in [3.8, 4) is 0 Å². The summed E-state index contributed by atoms with van der Waals surface area (Å²) in [4.78, 5) is 16.8. The molecule has 1 amide bonds. The van der Waals surface area contributed by atoms with Crippen LogP contribution in [0, 0.1) is 12.7 Å². The molecule has 18 heavy (non-hydrogen) atoms. The van der Waals surface area contributed by atoms with E-state index in [-0.39, 0.29) is 10.0 Å². The molecule has 1 aromatic heterocycles. The molecule has 0 atom stereocenters. The first-order valence-corrected chi connectivity index (χ1v) is 6.82. The number of nitrogens with zero attached hydrogens (tertiary/aromatic N) is 1. The number of aryl methyl sites for hydroxylation is 1. The fourth-order valence-electron chi connectivity index (χ4n) is 1.43. The molecule has 0 saturated carbocycles. The lowest BCUT2D eigenvalue weighted by atomic mass is 10.2. The normalized spacial score (nSPS) is 10.4. The second-order valence-corrected chi connectivity index (χ2v) is 5.80. The molecule has 0 aliphatic heterocycles. The zero-order chi connectivity index (χ0) is 13.1. The maximum Gasteiger partial charge on any atom is 0.254 e. The van der Waals surface area contributed by atoms with E-state index in [1.165, 1.54) is 17.4 Å². The Morgan fingerprint density at radius 2 is 2.33 bits per heavy atom. The number of halogens is 2. The third-order valence-corrected chi connectivity index (χ3v) is 3.81. The second-order valence-electron chi connectivity index (χ2n) is 3.63. The highest BCUT2D eigenvalue weighted by molar-refractivity contribution is 9.10. The SMILES string of the molecule is Cc1ncc(CNC(=O)c2cccc(Br)c2F)s1. The summed E-state index contributed by atoms with van der Waals surface area (Å²) in [6.45, 7) is 2.25. The maximum absolute atomic E-state index is 13.7. The molecule has 3 nitrogen and oxygen atoms in total. The number of rotatable bonds is 3. The van der Waals surface area contributed by atoms with Crippen LogP contribution >= 0.6 is 27.3 Å². The summed E-state index contributed by atoms with van der Waals surface area (Å²) in [6.07, 6.45) is 1.71. The van der Waals surface area contributed by atoms with Crippen LogP contribution in [0.25, 0.3) is 0 Å². The fraction of sp³-hybridized carbons (Fsp3) is 0.167. The number of nitrogens with one attached hydrogen (secondary N) is 1. The van der Waals surface area contributed by atoms with Crippen LogP contribution in [0.1, 0.15) is 20.2 Å². The monoisotopic (exact) mass is 328 g/mol. The molecule has 0 fully saturated rings. The van der Waals surface area contributed by atoms with Crippen molar-refractivity contribution in [3.63, 3.8) is 0 Å². The van der Waals surface area contributed by atoms with E-state index in [0.717, 1.165) is 9.88 Å². The summed E-state index contributed by atoms with van der Waals surface area (Å²) in [6, 6.07) is 4.63. The van der Waals surface area contributed by atoms with E-state index in [1.807, 2.05) is 6.92 Å². The van der Waals surface area contributed by atoms with Crippen LogP contribution in [-0.2, 0) is 6.54 Å². The van der Waals surface area contributed by atoms with E-state index in [9.17, 15) is 9.18 Å². The van der Waals surface area contributed by atoms with E-state index in [4.69, 9.17) is 0 Å². The molecular formula is C12H10BrFN2OS. The molecule has 1 N–H and O–H groups in total. The van der Waals surface area contributed by atoms with Gasteiger partial charge in [0, 0.05) is 11.1 Å². The van der Waals surface area contributed by atoms with Gasteiger partial charge in [0.2, 0.25) is 0 Å². The second kappa shape index (κ2) is 5.58. The van der Waals surface area contributed by atoms with Crippen LogP contribution in [0.5, 0.6) is 0 Å². The molecule has 1 aromatic carbocycles. The fourth-order valence-corrected chi connectivity index (χ4v) is 2.53. The minimum atomic E-state index is -0.546. The third kappa shape index (κ3) is 2.94. The van der Waals surface area contributed by atoms with Gasteiger partial charge in [0.15, 0.2) is 0 Å². The zero-order valence-corrected chi connectivity index (χ0v) is 11.9. The summed E-state index contributed by atoms with van der Waals surface area (Å²) >= 11 is 4.55. The number of aromatic nitrogens is 1. The summed E-state index contributed by atoms with van der Waals surface area (Å²) in [7, 11) is 0. The van der Waals surface area contributed by atoms with Crippen LogP contribution in [0.2, 0.25) is 0 Å². The molecule has 0 bridgehead atoms. The lowest BCUT2D eigenvalue weighted by Gasteiger charge is -2.05. The van der Waals surface area contributed by atoms with E-state index in [0.29, 0.717) is 6.54 Å². The van der Waals surface area contributed by atoms with Crippen LogP contribution in [-0.4, -0.2) is 10.9 Å². The van der Waals surface area contributed by atoms with Crippen molar-refractivity contribution in [2.45, 2.75) is 13.5 Å². The van der Waals surface area contributed by atoms with Gasteiger partial charge in [0.05, 0.1) is 21.6 Å². The largest absolute Gasteiger partial charge is 0.347 e. The first-order chi connectivity index (χ1) is 8.58. The number of benzene rings is 1. The Morgan fingerprint density at radius 1 is 1.56 bits per heavy atom. The predicted molar refractivity (Wildman–Crippen MR) is 72.1 cm³/mol. The molecule has 0 spiro atoms. The quantitative estimate of drug-likeness (QED) is 0.939. The van der Waals surface area contributed by atoms with Gasteiger partial charge in [0.1, 0.15) is 5.82 Å². The highest BCUT2D eigenvalue weighted by Crippen LogP contribution is 2.18. The van der Waals surface area contributed by atoms with Gasteiger partial charge in [-0.05, 0) is 35.0 Å². The van der Waals surface area contributed by atoms with Gasteiger partial charge in [0.25, 0.3) is 5.91 Å². The Bertz CT molecular complexity index is 585. The molecule has 2 rings (SSSR count). The molecule has 0 radical (unpaired) electrons.